The van der Waals surface area contributed by atoms with Crippen molar-refractivity contribution in [3.8, 4) is 11.5 Å². The smallest absolute Gasteiger partial charge is 0.322 e. The number of urea groups is 1. The highest BCUT2D eigenvalue weighted by Gasteiger charge is 2.22. The van der Waals surface area contributed by atoms with Crippen molar-refractivity contribution in [1.29, 1.82) is 0 Å². The third-order valence-electron chi connectivity index (χ3n) is 6.62. The fourth-order valence-electron chi connectivity index (χ4n) is 4.22. The summed E-state index contributed by atoms with van der Waals surface area (Å²) in [5.41, 5.74) is 2.90. The highest BCUT2D eigenvalue weighted by atomic mass is 32.1. The van der Waals surface area contributed by atoms with Crippen LogP contribution in [0.2, 0.25) is 0 Å². The summed E-state index contributed by atoms with van der Waals surface area (Å²) >= 11 is 1.67. The number of aryl methyl sites for hydroxylation is 1. The predicted molar refractivity (Wildman–Crippen MR) is 161 cm³/mol. The van der Waals surface area contributed by atoms with E-state index in [0.29, 0.717) is 55.8 Å². The molecule has 3 aromatic rings. The Morgan fingerprint density at radius 2 is 1.62 bits per heavy atom. The summed E-state index contributed by atoms with van der Waals surface area (Å²) in [6.07, 6.45) is 0.628. The Morgan fingerprint density at radius 1 is 0.900 bits per heavy atom. The lowest BCUT2D eigenvalue weighted by Gasteiger charge is -2.28. The summed E-state index contributed by atoms with van der Waals surface area (Å²) in [5, 5.41) is 2.93. The Bertz CT molecular complexity index is 1240. The van der Waals surface area contributed by atoms with E-state index in [-0.39, 0.29) is 18.5 Å². The maximum atomic E-state index is 13.7. The van der Waals surface area contributed by atoms with Crippen LogP contribution in [0.1, 0.15) is 40.6 Å². The standard InChI is InChI=1S/C31H41N3O5S/c1-22(2)25-9-11-26(12-10-25)32-31(36)34(17-18-37-4)21-30(35)33(20-27-13-7-23(3)40-27)16-15-24-8-14-28(38-5)29(19-24)39-6/h7-14,19,22H,15-18,20-21H2,1-6H3,(H,32,36). The van der Waals surface area contributed by atoms with Crippen LogP contribution in [0, 0.1) is 6.92 Å². The number of amides is 3. The van der Waals surface area contributed by atoms with Gasteiger partial charge in [-0.25, -0.2) is 4.79 Å². The maximum absolute atomic E-state index is 13.7. The predicted octanol–water partition coefficient (Wildman–Crippen LogP) is 5.95. The van der Waals surface area contributed by atoms with E-state index in [1.54, 1.807) is 32.7 Å². The number of hydrogen-bond donors (Lipinski definition) is 1. The van der Waals surface area contributed by atoms with Crippen LogP contribution >= 0.6 is 11.3 Å². The van der Waals surface area contributed by atoms with Crippen molar-refractivity contribution in [1.82, 2.24) is 9.80 Å². The lowest BCUT2D eigenvalue weighted by atomic mass is 10.0. The first-order valence-corrected chi connectivity index (χ1v) is 14.2. The van der Waals surface area contributed by atoms with Crippen molar-refractivity contribution >= 4 is 29.0 Å². The van der Waals surface area contributed by atoms with Gasteiger partial charge in [-0.3, -0.25) is 4.79 Å². The minimum atomic E-state index is -0.338. The van der Waals surface area contributed by atoms with Crippen molar-refractivity contribution < 1.29 is 23.8 Å². The molecule has 9 heteroatoms. The van der Waals surface area contributed by atoms with Gasteiger partial charge in [0.1, 0.15) is 6.54 Å². The molecule has 0 aliphatic carbocycles. The second kappa shape index (κ2) is 15.3. The number of carbonyl (C=O) groups is 2. The van der Waals surface area contributed by atoms with E-state index in [9.17, 15) is 9.59 Å². The van der Waals surface area contributed by atoms with Crippen LogP contribution < -0.4 is 14.8 Å². The second-order valence-corrected chi connectivity index (χ2v) is 11.3. The minimum absolute atomic E-state index is 0.0600. The minimum Gasteiger partial charge on any atom is -0.493 e. The van der Waals surface area contributed by atoms with Gasteiger partial charge >= 0.3 is 6.03 Å². The van der Waals surface area contributed by atoms with Gasteiger partial charge in [-0.15, -0.1) is 11.3 Å². The quantitative estimate of drug-likeness (QED) is 0.260. The molecule has 1 N–H and O–H groups in total. The molecule has 1 aromatic heterocycles. The van der Waals surface area contributed by atoms with Crippen LogP contribution in [0.25, 0.3) is 0 Å². The van der Waals surface area contributed by atoms with Crippen LogP contribution in [0.5, 0.6) is 11.5 Å². The van der Waals surface area contributed by atoms with Gasteiger partial charge in [-0.1, -0.05) is 32.0 Å². The van der Waals surface area contributed by atoms with Crippen LogP contribution in [-0.2, 0) is 22.5 Å². The van der Waals surface area contributed by atoms with Crippen molar-refractivity contribution in [3.63, 3.8) is 0 Å². The average molecular weight is 568 g/mol. The third kappa shape index (κ3) is 8.99. The van der Waals surface area contributed by atoms with Gasteiger partial charge in [0, 0.05) is 35.6 Å². The molecule has 8 nitrogen and oxygen atoms in total. The number of carbonyl (C=O) groups excluding carboxylic acids is 2. The summed E-state index contributed by atoms with van der Waals surface area (Å²) in [4.78, 5) is 32.5. The summed E-state index contributed by atoms with van der Waals surface area (Å²) in [7, 11) is 4.79. The third-order valence-corrected chi connectivity index (χ3v) is 7.61. The summed E-state index contributed by atoms with van der Waals surface area (Å²) in [5.74, 6) is 1.58. The van der Waals surface area contributed by atoms with E-state index in [1.165, 1.54) is 15.3 Å². The summed E-state index contributed by atoms with van der Waals surface area (Å²) < 4.78 is 16.0. The molecule has 40 heavy (non-hydrogen) atoms. The highest BCUT2D eigenvalue weighted by molar-refractivity contribution is 7.11. The fourth-order valence-corrected chi connectivity index (χ4v) is 5.13. The normalized spacial score (nSPS) is 10.9. The molecule has 2 aromatic carbocycles. The molecule has 0 saturated heterocycles. The Hall–Kier alpha value is -3.56. The summed E-state index contributed by atoms with van der Waals surface area (Å²) in [6, 6.07) is 17.3. The Balaban J connectivity index is 1.74. The number of nitrogens with zero attached hydrogens (tertiary/aromatic N) is 2. The molecule has 0 saturated carbocycles. The van der Waals surface area contributed by atoms with E-state index in [2.05, 4.69) is 32.2 Å². The van der Waals surface area contributed by atoms with E-state index >= 15 is 0 Å². The molecular formula is C31H41N3O5S. The largest absolute Gasteiger partial charge is 0.493 e. The van der Waals surface area contributed by atoms with Crippen LogP contribution in [-0.4, -0.2) is 69.3 Å². The molecule has 0 atom stereocenters. The molecule has 0 bridgehead atoms. The maximum Gasteiger partial charge on any atom is 0.322 e. The van der Waals surface area contributed by atoms with Gasteiger partial charge in [0.15, 0.2) is 11.5 Å². The first kappa shape index (κ1) is 31.0. The highest BCUT2D eigenvalue weighted by Crippen LogP contribution is 2.28. The molecule has 0 aliphatic rings. The number of methoxy groups -OCH3 is 3. The van der Waals surface area contributed by atoms with Crippen molar-refractivity contribution in [2.24, 2.45) is 0 Å². The number of benzene rings is 2. The van der Waals surface area contributed by atoms with Crippen LogP contribution in [0.4, 0.5) is 10.5 Å². The topological polar surface area (TPSA) is 80.3 Å². The van der Waals surface area contributed by atoms with Crippen molar-refractivity contribution in [2.75, 3.05) is 52.9 Å². The van der Waals surface area contributed by atoms with Crippen LogP contribution in [0.3, 0.4) is 0 Å². The SMILES string of the molecule is COCCN(CC(=O)N(CCc1ccc(OC)c(OC)c1)Cc1ccc(C)s1)C(=O)Nc1ccc(C(C)C)cc1. The van der Waals surface area contributed by atoms with E-state index in [1.807, 2.05) is 53.4 Å². The Kier molecular flexibility index (Phi) is 11.8. The molecular weight excluding hydrogens is 526 g/mol. The number of nitrogens with one attached hydrogen (secondary N) is 1. The molecule has 0 aliphatic heterocycles. The first-order valence-electron chi connectivity index (χ1n) is 13.4. The van der Waals surface area contributed by atoms with Crippen molar-refractivity contribution in [2.45, 2.75) is 39.7 Å². The Morgan fingerprint density at radius 3 is 2.23 bits per heavy atom. The molecule has 0 spiro atoms. The van der Waals surface area contributed by atoms with Gasteiger partial charge in [0.05, 0.1) is 27.4 Å². The zero-order chi connectivity index (χ0) is 29.1. The Labute approximate surface area is 241 Å². The molecule has 3 rings (SSSR count). The monoisotopic (exact) mass is 567 g/mol. The van der Waals surface area contributed by atoms with E-state index < -0.39 is 0 Å². The first-order chi connectivity index (χ1) is 19.2. The molecule has 0 unspecified atom stereocenters. The lowest BCUT2D eigenvalue weighted by molar-refractivity contribution is -0.132. The van der Waals surface area contributed by atoms with Gasteiger partial charge < -0.3 is 29.3 Å². The van der Waals surface area contributed by atoms with Gasteiger partial charge in [-0.2, -0.15) is 0 Å². The number of hydrogen-bond acceptors (Lipinski definition) is 6. The molecule has 0 fully saturated rings. The van der Waals surface area contributed by atoms with Crippen LogP contribution in [0.15, 0.2) is 54.6 Å². The van der Waals surface area contributed by atoms with Crippen molar-refractivity contribution in [3.05, 3.63) is 75.5 Å². The zero-order valence-corrected chi connectivity index (χ0v) is 25.2. The second-order valence-electron chi connectivity index (χ2n) is 9.89. The molecule has 216 valence electrons. The van der Waals surface area contributed by atoms with Gasteiger partial charge in [0.25, 0.3) is 0 Å². The zero-order valence-electron chi connectivity index (χ0n) is 24.4. The van der Waals surface area contributed by atoms with Gasteiger partial charge in [0.2, 0.25) is 5.91 Å². The number of ether oxygens (including phenoxy) is 3. The lowest BCUT2D eigenvalue weighted by Crippen LogP contribution is -2.46. The van der Waals surface area contributed by atoms with E-state index in [0.717, 1.165) is 10.4 Å². The molecule has 3 amide bonds. The number of anilines is 1. The molecule has 0 radical (unpaired) electrons. The van der Waals surface area contributed by atoms with Gasteiger partial charge in [-0.05, 0) is 66.8 Å². The average Bonchev–Trinajstić information content (AvgIpc) is 3.37. The molecule has 1 heterocycles. The van der Waals surface area contributed by atoms with E-state index in [4.69, 9.17) is 14.2 Å². The summed E-state index contributed by atoms with van der Waals surface area (Å²) in [6.45, 7) is 7.81. The number of rotatable bonds is 14. The fraction of sp³-hybridized carbons (Fsp3) is 0.419. The number of thiophene rings is 1.